The molecule has 206 valence electrons. The number of carbonyl (C=O) groups is 1. The number of anilines is 1. The molecule has 38 heavy (non-hydrogen) atoms. The van der Waals surface area contributed by atoms with Crippen LogP contribution in [0.5, 0.6) is 0 Å². The maximum atomic E-state index is 13.6. The Balaban J connectivity index is 2.06. The van der Waals surface area contributed by atoms with Crippen LogP contribution in [0.25, 0.3) is 0 Å². The van der Waals surface area contributed by atoms with Gasteiger partial charge in [0.15, 0.2) is 6.19 Å². The Labute approximate surface area is 216 Å². The summed E-state index contributed by atoms with van der Waals surface area (Å²) in [6, 6.07) is 0.648. The monoisotopic (exact) mass is 542 g/mol. The lowest BCUT2D eigenvalue weighted by atomic mass is 9.88. The summed E-state index contributed by atoms with van der Waals surface area (Å²) in [6.45, 7) is 6.79. The molecular weight excluding hydrogens is 514 g/mol. The molecule has 0 spiro atoms. The summed E-state index contributed by atoms with van der Waals surface area (Å²) < 4.78 is 85.8. The molecule has 2 atom stereocenters. The topological polar surface area (TPSA) is 69.5 Å². The Kier molecular flexibility index (Phi) is 8.48. The van der Waals surface area contributed by atoms with Gasteiger partial charge < -0.3 is 4.74 Å². The summed E-state index contributed by atoms with van der Waals surface area (Å²) >= 11 is 0. The fourth-order valence-corrected chi connectivity index (χ4v) is 4.86. The van der Waals surface area contributed by atoms with Crippen molar-refractivity contribution in [2.45, 2.75) is 71.4 Å². The minimum absolute atomic E-state index is 0.000652. The Morgan fingerprint density at radius 2 is 1.82 bits per heavy atom. The minimum atomic E-state index is -5.01. The standard InChI is InChI=1S/C26H28F6N4O2/c1-5-20-12-22(21-9-15(3)34-16(4)23(21)36(20)24(37)38-6-2)35(14-33)13-17-7-8-18(25(27,28)29)11-19(10-17)26(30,31)32/h8-11,20,22H,5-7,12-13H2,1-4H3. The van der Waals surface area contributed by atoms with Crippen LogP contribution in [0.4, 0.5) is 36.8 Å². The van der Waals surface area contributed by atoms with Crippen molar-refractivity contribution in [2.24, 2.45) is 0 Å². The number of allylic oxidation sites excluding steroid dienone is 5. The predicted octanol–water partition coefficient (Wildman–Crippen LogP) is 6.98. The van der Waals surface area contributed by atoms with Crippen LogP contribution in [0.1, 0.15) is 56.1 Å². The third-order valence-corrected chi connectivity index (χ3v) is 6.51. The second-order valence-electron chi connectivity index (χ2n) is 9.16. The van der Waals surface area contributed by atoms with Crippen molar-refractivity contribution in [3.8, 4) is 6.19 Å². The van der Waals surface area contributed by atoms with Crippen LogP contribution < -0.4 is 4.90 Å². The summed E-state index contributed by atoms with van der Waals surface area (Å²) in [4.78, 5) is 20.1. The van der Waals surface area contributed by atoms with E-state index in [1.54, 1.807) is 26.8 Å². The average molecular weight is 543 g/mol. The first kappa shape index (κ1) is 29.1. The van der Waals surface area contributed by atoms with E-state index in [-0.39, 0.29) is 31.2 Å². The smallest absolute Gasteiger partial charge is 0.416 e. The Bertz CT molecular complexity index is 1210. The molecule has 1 aromatic heterocycles. The molecule has 6 nitrogen and oxygen atoms in total. The molecule has 2 heterocycles. The van der Waals surface area contributed by atoms with Crippen LogP contribution in [0.3, 0.4) is 0 Å². The third kappa shape index (κ3) is 6.14. The molecule has 0 bridgehead atoms. The first-order valence-corrected chi connectivity index (χ1v) is 12.1. The lowest BCUT2D eigenvalue weighted by Gasteiger charge is -2.43. The first-order valence-electron chi connectivity index (χ1n) is 12.1. The zero-order valence-electron chi connectivity index (χ0n) is 21.4. The summed E-state index contributed by atoms with van der Waals surface area (Å²) in [5, 5.41) is 10.1. The van der Waals surface area contributed by atoms with Gasteiger partial charge in [-0.25, -0.2) is 4.79 Å². The van der Waals surface area contributed by atoms with Crippen molar-refractivity contribution in [2.75, 3.05) is 18.1 Å². The molecule has 12 heteroatoms. The number of rotatable bonds is 5. The molecule has 0 aromatic carbocycles. The van der Waals surface area contributed by atoms with Gasteiger partial charge >= 0.3 is 18.4 Å². The van der Waals surface area contributed by atoms with Gasteiger partial charge in [0, 0.05) is 17.3 Å². The molecule has 2 aliphatic rings. The molecule has 1 aliphatic carbocycles. The number of aryl methyl sites for hydroxylation is 2. The number of halogens is 6. The lowest BCUT2D eigenvalue weighted by molar-refractivity contribution is -0.0933. The normalized spacial score (nSPS) is 19.9. The van der Waals surface area contributed by atoms with Crippen molar-refractivity contribution in [3.05, 3.63) is 58.0 Å². The number of ether oxygens (including phenoxy) is 1. The van der Waals surface area contributed by atoms with Gasteiger partial charge in [-0.3, -0.25) is 14.8 Å². The molecule has 1 aliphatic heterocycles. The second-order valence-corrected chi connectivity index (χ2v) is 9.16. The van der Waals surface area contributed by atoms with Crippen molar-refractivity contribution in [3.63, 3.8) is 0 Å². The summed E-state index contributed by atoms with van der Waals surface area (Å²) in [6.07, 6.45) is -6.72. The van der Waals surface area contributed by atoms with Crippen LogP contribution in [-0.4, -0.2) is 47.5 Å². The van der Waals surface area contributed by atoms with Gasteiger partial charge in [-0.2, -0.15) is 31.6 Å². The quantitative estimate of drug-likeness (QED) is 0.228. The molecule has 0 saturated carbocycles. The molecule has 1 amide bonds. The van der Waals surface area contributed by atoms with E-state index in [2.05, 4.69) is 4.98 Å². The molecule has 0 N–H and O–H groups in total. The van der Waals surface area contributed by atoms with Crippen LogP contribution in [0.15, 0.2) is 41.0 Å². The largest absolute Gasteiger partial charge is 0.449 e. The van der Waals surface area contributed by atoms with Gasteiger partial charge in [0.05, 0.1) is 41.7 Å². The van der Waals surface area contributed by atoms with Crippen molar-refractivity contribution in [1.82, 2.24) is 9.88 Å². The highest BCUT2D eigenvalue weighted by atomic mass is 19.4. The number of carbonyl (C=O) groups excluding carboxylic acids is 1. The number of nitrogens with zero attached hydrogens (tertiary/aromatic N) is 4. The van der Waals surface area contributed by atoms with E-state index in [0.29, 0.717) is 41.2 Å². The van der Waals surface area contributed by atoms with E-state index in [1.807, 2.05) is 13.1 Å². The lowest BCUT2D eigenvalue weighted by Crippen LogP contribution is -2.48. The van der Waals surface area contributed by atoms with Crippen molar-refractivity contribution >= 4 is 11.8 Å². The third-order valence-electron chi connectivity index (χ3n) is 6.51. The van der Waals surface area contributed by atoms with E-state index in [0.717, 1.165) is 0 Å². The summed E-state index contributed by atoms with van der Waals surface area (Å²) in [5.74, 6) is 0. The number of hydrogen-bond donors (Lipinski definition) is 0. The van der Waals surface area contributed by atoms with Gasteiger partial charge in [-0.15, -0.1) is 0 Å². The number of hydrogen-bond acceptors (Lipinski definition) is 5. The van der Waals surface area contributed by atoms with Gasteiger partial charge in [0.2, 0.25) is 0 Å². The average Bonchev–Trinajstić information content (AvgIpc) is 3.05. The highest BCUT2D eigenvalue weighted by Crippen LogP contribution is 2.44. The van der Waals surface area contributed by atoms with Gasteiger partial charge in [0.1, 0.15) is 0 Å². The molecule has 0 saturated heterocycles. The summed E-state index contributed by atoms with van der Waals surface area (Å²) in [7, 11) is 0. The highest BCUT2D eigenvalue weighted by Gasteiger charge is 2.41. The minimum Gasteiger partial charge on any atom is -0.449 e. The number of amides is 1. The van der Waals surface area contributed by atoms with E-state index >= 15 is 0 Å². The molecule has 0 radical (unpaired) electrons. The second kappa shape index (κ2) is 11.1. The number of aromatic nitrogens is 1. The Hall–Kier alpha value is -3.49. The zero-order chi connectivity index (χ0) is 28.4. The van der Waals surface area contributed by atoms with Crippen molar-refractivity contribution in [1.29, 1.82) is 5.26 Å². The van der Waals surface area contributed by atoms with E-state index in [4.69, 9.17) is 4.74 Å². The number of pyridine rings is 1. The number of fused-ring (bicyclic) bond motifs is 1. The molecule has 1 aromatic rings. The van der Waals surface area contributed by atoms with Gasteiger partial charge in [-0.1, -0.05) is 13.0 Å². The van der Waals surface area contributed by atoms with Crippen LogP contribution in [0, 0.1) is 25.3 Å². The molecule has 2 unspecified atom stereocenters. The van der Waals surface area contributed by atoms with Crippen molar-refractivity contribution < 1.29 is 35.9 Å². The maximum Gasteiger partial charge on any atom is 0.416 e. The number of nitriles is 1. The van der Waals surface area contributed by atoms with Crippen LogP contribution >= 0.6 is 0 Å². The Morgan fingerprint density at radius 3 is 2.37 bits per heavy atom. The zero-order valence-corrected chi connectivity index (χ0v) is 21.4. The van der Waals surface area contributed by atoms with Crippen LogP contribution in [0.2, 0.25) is 0 Å². The molecular formula is C26H28F6N4O2. The predicted molar refractivity (Wildman–Crippen MR) is 128 cm³/mol. The molecule has 0 fully saturated rings. The Morgan fingerprint density at radius 1 is 1.16 bits per heavy atom. The SMILES string of the molecule is CCOC(=O)N1c2c(cc(C)nc2C)C(N(C#N)CC2=CC(C(F)(F)F)=CC(C(F)(F)F)=CC2)CC1CC. The highest BCUT2D eigenvalue weighted by molar-refractivity contribution is 5.91. The van der Waals surface area contributed by atoms with E-state index < -0.39 is 48.1 Å². The molecule has 3 rings (SSSR count). The maximum absolute atomic E-state index is 13.6. The fraction of sp³-hybridized carbons (Fsp3) is 0.500. The summed E-state index contributed by atoms with van der Waals surface area (Å²) in [5.41, 5.74) is -0.676. The van der Waals surface area contributed by atoms with Gasteiger partial charge in [0.25, 0.3) is 0 Å². The van der Waals surface area contributed by atoms with Crippen LogP contribution in [-0.2, 0) is 4.74 Å². The van der Waals surface area contributed by atoms with E-state index in [1.165, 1.54) is 9.80 Å². The first-order chi connectivity index (χ1) is 17.7. The number of alkyl halides is 6. The van der Waals surface area contributed by atoms with Gasteiger partial charge in [-0.05, 0) is 63.8 Å². The fourth-order valence-electron chi connectivity index (χ4n) is 4.86. The van der Waals surface area contributed by atoms with E-state index in [9.17, 15) is 36.4 Å².